The van der Waals surface area contributed by atoms with Gasteiger partial charge in [-0.25, -0.2) is 4.57 Å². The largest absolute Gasteiger partial charge is 0.287 e. The van der Waals surface area contributed by atoms with Crippen LogP contribution < -0.4 is 4.57 Å². The van der Waals surface area contributed by atoms with Gasteiger partial charge in [-0.05, 0) is 41.3 Å². The molecule has 0 saturated carbocycles. The molecule has 112 valence electrons. The lowest BCUT2D eigenvalue weighted by atomic mass is 9.99. The van der Waals surface area contributed by atoms with E-state index in [0.29, 0.717) is 0 Å². The van der Waals surface area contributed by atoms with Gasteiger partial charge in [-0.1, -0.05) is 30.3 Å². The van der Waals surface area contributed by atoms with Crippen molar-refractivity contribution in [1.29, 1.82) is 0 Å². The van der Waals surface area contributed by atoms with Gasteiger partial charge in [0.25, 0.3) is 6.33 Å². The second-order valence-corrected chi connectivity index (χ2v) is 5.94. The molecule has 3 aromatic rings. The average molecular weight is 300 g/mol. The molecule has 2 aromatic heterocycles. The van der Waals surface area contributed by atoms with Crippen molar-refractivity contribution in [2.75, 3.05) is 0 Å². The molecule has 0 amide bonds. The average Bonchev–Trinajstić information content (AvgIpc) is 3.01. The third-order valence-corrected chi connectivity index (χ3v) is 4.39. The minimum atomic E-state index is 0.873. The molecule has 0 saturated heterocycles. The third kappa shape index (κ3) is 2.34. The highest BCUT2D eigenvalue weighted by Crippen LogP contribution is 2.34. The minimum absolute atomic E-state index is 0.873. The van der Waals surface area contributed by atoms with Crippen molar-refractivity contribution in [3.05, 3.63) is 77.5 Å². The highest BCUT2D eigenvalue weighted by molar-refractivity contribution is 5.88. The van der Waals surface area contributed by atoms with Gasteiger partial charge in [-0.15, -0.1) is 0 Å². The van der Waals surface area contributed by atoms with E-state index >= 15 is 0 Å². The van der Waals surface area contributed by atoms with Gasteiger partial charge < -0.3 is 0 Å². The lowest BCUT2D eigenvalue weighted by molar-refractivity contribution is -0.663. The first-order valence-electron chi connectivity index (χ1n) is 7.79. The maximum atomic E-state index is 4.61. The molecule has 23 heavy (non-hydrogen) atoms. The molecule has 4 rings (SSSR count). The van der Waals surface area contributed by atoms with E-state index < -0.39 is 0 Å². The number of pyridine rings is 1. The number of hydrogen-bond donors (Lipinski definition) is 0. The van der Waals surface area contributed by atoms with Crippen molar-refractivity contribution >= 4 is 11.6 Å². The molecule has 0 unspecified atom stereocenters. The maximum absolute atomic E-state index is 4.61. The zero-order valence-electron chi connectivity index (χ0n) is 13.3. The van der Waals surface area contributed by atoms with E-state index in [0.717, 1.165) is 17.8 Å². The summed E-state index contributed by atoms with van der Waals surface area (Å²) in [5.74, 6) is 0. The van der Waals surface area contributed by atoms with Crippen LogP contribution in [-0.4, -0.2) is 9.97 Å². The summed E-state index contributed by atoms with van der Waals surface area (Å²) in [4.78, 5) is 9.09. The fraction of sp³-hybridized carbons (Fsp3) is 0.150. The molecule has 0 atom stereocenters. The van der Waals surface area contributed by atoms with Crippen molar-refractivity contribution in [2.45, 2.75) is 13.3 Å². The quantitative estimate of drug-likeness (QED) is 0.679. The zero-order valence-corrected chi connectivity index (χ0v) is 13.3. The summed E-state index contributed by atoms with van der Waals surface area (Å²) < 4.78 is 2.12. The second kappa shape index (κ2) is 5.43. The van der Waals surface area contributed by atoms with E-state index in [1.807, 2.05) is 24.7 Å². The topological polar surface area (TPSA) is 29.7 Å². The molecular formula is C20H18N3+. The van der Waals surface area contributed by atoms with Crippen LogP contribution in [0.4, 0.5) is 0 Å². The highest BCUT2D eigenvalue weighted by Gasteiger charge is 2.27. The van der Waals surface area contributed by atoms with E-state index in [2.05, 4.69) is 64.9 Å². The van der Waals surface area contributed by atoms with Crippen LogP contribution >= 0.6 is 0 Å². The Labute approximate surface area is 136 Å². The Hall–Kier alpha value is -2.81. The summed E-state index contributed by atoms with van der Waals surface area (Å²) in [5, 5.41) is 0. The first-order valence-corrected chi connectivity index (χ1v) is 7.79. The Morgan fingerprint density at radius 2 is 1.83 bits per heavy atom. The van der Waals surface area contributed by atoms with Gasteiger partial charge in [0.15, 0.2) is 5.69 Å². The summed E-state index contributed by atoms with van der Waals surface area (Å²) in [5.41, 5.74) is 8.40. The molecule has 1 aliphatic carbocycles. The van der Waals surface area contributed by atoms with Gasteiger partial charge in [-0.3, -0.25) is 4.98 Å². The molecular weight excluding hydrogens is 282 g/mol. The monoisotopic (exact) mass is 300 g/mol. The Balaban J connectivity index is 1.84. The van der Waals surface area contributed by atoms with Crippen molar-refractivity contribution in [3.63, 3.8) is 0 Å². The Morgan fingerprint density at radius 3 is 2.61 bits per heavy atom. The van der Waals surface area contributed by atoms with E-state index in [9.17, 15) is 0 Å². The summed E-state index contributed by atoms with van der Waals surface area (Å²) in [7, 11) is 2.06. The molecule has 0 radical (unpaired) electrons. The van der Waals surface area contributed by atoms with Crippen LogP contribution in [0.25, 0.3) is 22.9 Å². The van der Waals surface area contributed by atoms with E-state index in [1.54, 1.807) is 0 Å². The number of allylic oxidation sites excluding steroid dienone is 1. The Morgan fingerprint density at radius 1 is 1.00 bits per heavy atom. The summed E-state index contributed by atoms with van der Waals surface area (Å²) in [6.07, 6.45) is 6.78. The first-order chi connectivity index (χ1) is 11.2. The molecule has 0 N–H and O–H groups in total. The standard InChI is InChI=1S/C20H18N3/c1-14-7-3-4-8-16(14)20-17-11-15(18-9-5-6-10-21-18)12-19(17)22-13-23(20)2/h3-10,12-13H,11H2,1-2H3/q+1. The number of fused-ring (bicyclic) bond motifs is 1. The lowest BCUT2D eigenvalue weighted by Crippen LogP contribution is -2.33. The van der Waals surface area contributed by atoms with Crippen molar-refractivity contribution in [1.82, 2.24) is 9.97 Å². The molecule has 3 nitrogen and oxygen atoms in total. The SMILES string of the molecule is Cc1ccccc1-c1c2c(nc[n+]1C)C=C(c1ccccn1)C2. The minimum Gasteiger partial charge on any atom is -0.257 e. The molecule has 3 heteroatoms. The van der Waals surface area contributed by atoms with Crippen molar-refractivity contribution in [3.8, 4) is 11.3 Å². The maximum Gasteiger partial charge on any atom is 0.287 e. The molecule has 0 spiro atoms. The smallest absolute Gasteiger partial charge is 0.257 e. The molecule has 1 aromatic carbocycles. The number of nitrogens with zero attached hydrogens (tertiary/aromatic N) is 3. The molecule has 0 fully saturated rings. The molecule has 2 heterocycles. The summed E-state index contributed by atoms with van der Waals surface area (Å²) >= 11 is 0. The van der Waals surface area contributed by atoms with Crippen LogP contribution in [0.2, 0.25) is 0 Å². The number of aromatic nitrogens is 3. The summed E-state index contributed by atoms with van der Waals surface area (Å²) in [6, 6.07) is 14.6. The number of benzene rings is 1. The molecule has 1 aliphatic rings. The van der Waals surface area contributed by atoms with E-state index in [4.69, 9.17) is 0 Å². The van der Waals surface area contributed by atoms with Crippen molar-refractivity contribution < 1.29 is 4.57 Å². The second-order valence-electron chi connectivity index (χ2n) is 5.94. The summed E-state index contributed by atoms with van der Waals surface area (Å²) in [6.45, 7) is 2.16. The van der Waals surface area contributed by atoms with Crippen molar-refractivity contribution in [2.24, 2.45) is 7.05 Å². The highest BCUT2D eigenvalue weighted by atomic mass is 15.0. The Bertz CT molecular complexity index is 911. The fourth-order valence-corrected chi connectivity index (χ4v) is 3.23. The van der Waals surface area contributed by atoms with Gasteiger partial charge in [0.05, 0.1) is 18.3 Å². The Kier molecular flexibility index (Phi) is 3.27. The van der Waals surface area contributed by atoms with Crippen LogP contribution in [0.5, 0.6) is 0 Å². The number of aryl methyl sites for hydroxylation is 2. The van der Waals surface area contributed by atoms with Crippen LogP contribution in [0.3, 0.4) is 0 Å². The van der Waals surface area contributed by atoms with Gasteiger partial charge >= 0.3 is 0 Å². The van der Waals surface area contributed by atoms with Gasteiger partial charge in [0, 0.05) is 18.2 Å². The van der Waals surface area contributed by atoms with Crippen LogP contribution in [0, 0.1) is 6.92 Å². The molecule has 0 aliphatic heterocycles. The third-order valence-electron chi connectivity index (χ3n) is 4.39. The number of rotatable bonds is 2. The molecule has 0 bridgehead atoms. The van der Waals surface area contributed by atoms with Crippen LogP contribution in [-0.2, 0) is 13.5 Å². The van der Waals surface area contributed by atoms with Crippen LogP contribution in [0.1, 0.15) is 22.5 Å². The van der Waals surface area contributed by atoms with E-state index in [1.165, 1.54) is 28.0 Å². The lowest BCUT2D eigenvalue weighted by Gasteiger charge is -2.10. The van der Waals surface area contributed by atoms with E-state index in [-0.39, 0.29) is 0 Å². The zero-order chi connectivity index (χ0) is 15.8. The van der Waals surface area contributed by atoms with Gasteiger partial charge in [0.2, 0.25) is 0 Å². The predicted molar refractivity (Wildman–Crippen MR) is 91.4 cm³/mol. The van der Waals surface area contributed by atoms with Gasteiger partial charge in [-0.2, -0.15) is 0 Å². The van der Waals surface area contributed by atoms with Crippen LogP contribution in [0.15, 0.2) is 55.0 Å². The predicted octanol–water partition coefficient (Wildman–Crippen LogP) is 3.37. The van der Waals surface area contributed by atoms with Gasteiger partial charge in [0.1, 0.15) is 5.69 Å². The number of hydrogen-bond acceptors (Lipinski definition) is 2. The first kappa shape index (κ1) is 13.8. The fourth-order valence-electron chi connectivity index (χ4n) is 3.23. The normalized spacial score (nSPS) is 12.9.